The summed E-state index contributed by atoms with van der Waals surface area (Å²) in [6.07, 6.45) is 0. The third kappa shape index (κ3) is 3.22. The van der Waals surface area contributed by atoms with E-state index in [1.165, 1.54) is 0 Å². The highest BCUT2D eigenvalue weighted by Gasteiger charge is 2.31. The summed E-state index contributed by atoms with van der Waals surface area (Å²) in [7, 11) is -3.16. The Labute approximate surface area is 79.9 Å². The smallest absolute Gasteiger partial charge is 0.219 e. The molecule has 0 aromatic carbocycles. The summed E-state index contributed by atoms with van der Waals surface area (Å²) in [4.78, 5) is 0. The van der Waals surface area contributed by atoms with Gasteiger partial charge in [0.15, 0.2) is 0 Å². The van der Waals surface area contributed by atoms with E-state index in [0.717, 1.165) is 0 Å². The molecule has 1 heterocycles. The molecule has 5 nitrogen and oxygen atoms in total. The Morgan fingerprint density at radius 1 is 1.62 bits per heavy atom. The second-order valence-corrected chi connectivity index (χ2v) is 4.84. The van der Waals surface area contributed by atoms with Gasteiger partial charge >= 0.3 is 0 Å². The molecular weight excluding hydrogens is 194 g/mol. The minimum atomic E-state index is -3.16. The molecular formula is C7H17NO4S. The minimum Gasteiger partial charge on any atom is -0.380 e. The molecule has 13 heavy (non-hydrogen) atoms. The Kier molecular flexibility index (Phi) is 4.11. The molecule has 1 rings (SSSR count). The minimum absolute atomic E-state index is 0. The van der Waals surface area contributed by atoms with Gasteiger partial charge in [0.1, 0.15) is 5.25 Å². The fourth-order valence-corrected chi connectivity index (χ4v) is 2.07. The average molecular weight is 211 g/mol. The number of ether oxygens (including phenoxy) is 2. The highest BCUT2D eigenvalue weighted by Crippen LogP contribution is 2.09. The van der Waals surface area contributed by atoms with E-state index < -0.39 is 10.0 Å². The predicted molar refractivity (Wildman–Crippen MR) is 50.1 cm³/mol. The molecule has 0 aromatic rings. The standard InChI is InChI=1S/C7H15NO4S.H2/c1-2-11-4-3-8-13(9,10)7-5-12-6-7;/h7-8H,2-6H2,1H3;1H. The number of nitrogens with one attached hydrogen (secondary N) is 1. The summed E-state index contributed by atoms with van der Waals surface area (Å²) in [5.74, 6) is 0. The Morgan fingerprint density at radius 2 is 2.31 bits per heavy atom. The number of hydrogen-bond donors (Lipinski definition) is 1. The van der Waals surface area contributed by atoms with Gasteiger partial charge in [-0.1, -0.05) is 0 Å². The van der Waals surface area contributed by atoms with E-state index in [2.05, 4.69) is 4.72 Å². The SMILES string of the molecule is CCOCCNS(=O)(=O)C1COC1.[HH]. The van der Waals surface area contributed by atoms with Gasteiger partial charge in [0.25, 0.3) is 0 Å². The zero-order valence-electron chi connectivity index (χ0n) is 7.65. The van der Waals surface area contributed by atoms with Crippen molar-refractivity contribution in [3.8, 4) is 0 Å². The monoisotopic (exact) mass is 211 g/mol. The van der Waals surface area contributed by atoms with Gasteiger partial charge in [-0.3, -0.25) is 0 Å². The summed E-state index contributed by atoms with van der Waals surface area (Å²) in [5, 5.41) is -0.367. The van der Waals surface area contributed by atoms with Crippen molar-refractivity contribution in [2.45, 2.75) is 12.2 Å². The largest absolute Gasteiger partial charge is 0.380 e. The fraction of sp³-hybridized carbons (Fsp3) is 1.00. The van der Waals surface area contributed by atoms with Crippen molar-refractivity contribution >= 4 is 10.0 Å². The first-order chi connectivity index (χ1) is 6.17. The van der Waals surface area contributed by atoms with E-state index in [1.807, 2.05) is 6.92 Å². The van der Waals surface area contributed by atoms with Gasteiger partial charge < -0.3 is 9.47 Å². The van der Waals surface area contributed by atoms with E-state index >= 15 is 0 Å². The van der Waals surface area contributed by atoms with Crippen LogP contribution in [0, 0.1) is 0 Å². The molecule has 1 saturated heterocycles. The molecule has 1 fully saturated rings. The maximum absolute atomic E-state index is 11.3. The van der Waals surface area contributed by atoms with Crippen LogP contribution >= 0.6 is 0 Å². The first kappa shape index (κ1) is 10.9. The highest BCUT2D eigenvalue weighted by atomic mass is 32.2. The summed E-state index contributed by atoms with van der Waals surface area (Å²) in [6.45, 7) is 3.85. The van der Waals surface area contributed by atoms with E-state index in [4.69, 9.17) is 9.47 Å². The van der Waals surface area contributed by atoms with E-state index in [0.29, 0.717) is 33.0 Å². The zero-order valence-corrected chi connectivity index (χ0v) is 8.47. The molecule has 0 saturated carbocycles. The fourth-order valence-electron chi connectivity index (χ4n) is 0.912. The number of sulfonamides is 1. The van der Waals surface area contributed by atoms with Crippen molar-refractivity contribution in [1.29, 1.82) is 0 Å². The van der Waals surface area contributed by atoms with Crippen molar-refractivity contribution in [2.75, 3.05) is 33.0 Å². The number of rotatable bonds is 6. The van der Waals surface area contributed by atoms with Crippen LogP contribution in [0.15, 0.2) is 0 Å². The van der Waals surface area contributed by atoms with Crippen LogP contribution in [-0.4, -0.2) is 46.6 Å². The Bertz CT molecular complexity index is 240. The van der Waals surface area contributed by atoms with Gasteiger partial charge in [-0.25, -0.2) is 13.1 Å². The normalized spacial score (nSPS) is 18.5. The van der Waals surface area contributed by atoms with Gasteiger partial charge in [0, 0.05) is 14.6 Å². The molecule has 0 aromatic heterocycles. The Morgan fingerprint density at radius 3 is 2.77 bits per heavy atom. The van der Waals surface area contributed by atoms with Crippen molar-refractivity contribution in [1.82, 2.24) is 4.72 Å². The van der Waals surface area contributed by atoms with E-state index in [9.17, 15) is 8.42 Å². The van der Waals surface area contributed by atoms with Gasteiger partial charge in [-0.2, -0.15) is 0 Å². The first-order valence-electron chi connectivity index (χ1n) is 4.31. The van der Waals surface area contributed by atoms with Crippen LogP contribution in [0.5, 0.6) is 0 Å². The molecule has 0 aliphatic carbocycles. The first-order valence-corrected chi connectivity index (χ1v) is 5.85. The maximum atomic E-state index is 11.3. The van der Waals surface area contributed by atoms with Crippen molar-refractivity contribution in [3.05, 3.63) is 0 Å². The highest BCUT2D eigenvalue weighted by molar-refractivity contribution is 7.90. The summed E-state index contributed by atoms with van der Waals surface area (Å²) < 4.78 is 34.9. The van der Waals surface area contributed by atoms with Gasteiger partial charge in [0.05, 0.1) is 19.8 Å². The topological polar surface area (TPSA) is 64.6 Å². The predicted octanol–water partition coefficient (Wildman–Crippen LogP) is -0.413. The average Bonchev–Trinajstić information content (AvgIpc) is 1.93. The van der Waals surface area contributed by atoms with E-state index in [1.54, 1.807) is 0 Å². The lowest BCUT2D eigenvalue weighted by Crippen LogP contribution is -2.47. The molecule has 0 spiro atoms. The van der Waals surface area contributed by atoms with Gasteiger partial charge in [-0.05, 0) is 6.92 Å². The number of hydrogen-bond acceptors (Lipinski definition) is 4. The second kappa shape index (κ2) is 4.90. The molecule has 6 heteroatoms. The Balaban J connectivity index is 0.00000169. The zero-order chi connectivity index (χ0) is 9.73. The van der Waals surface area contributed by atoms with Crippen LogP contribution in [0.1, 0.15) is 8.35 Å². The van der Waals surface area contributed by atoms with Gasteiger partial charge in [0.2, 0.25) is 10.0 Å². The van der Waals surface area contributed by atoms with Gasteiger partial charge in [-0.15, -0.1) is 0 Å². The maximum Gasteiger partial charge on any atom is 0.219 e. The van der Waals surface area contributed by atoms with Crippen molar-refractivity contribution in [2.24, 2.45) is 0 Å². The molecule has 1 aliphatic heterocycles. The third-order valence-corrected chi connectivity index (χ3v) is 3.56. The van der Waals surface area contributed by atoms with Crippen molar-refractivity contribution in [3.63, 3.8) is 0 Å². The lowest BCUT2D eigenvalue weighted by atomic mass is 10.4. The molecule has 1 aliphatic rings. The van der Waals surface area contributed by atoms with Crippen LogP contribution < -0.4 is 4.72 Å². The molecule has 0 unspecified atom stereocenters. The molecule has 80 valence electrons. The van der Waals surface area contributed by atoms with Crippen molar-refractivity contribution < 1.29 is 19.3 Å². The molecule has 0 atom stereocenters. The second-order valence-electron chi connectivity index (χ2n) is 2.80. The summed E-state index contributed by atoms with van der Waals surface area (Å²) >= 11 is 0. The molecule has 0 bridgehead atoms. The van der Waals surface area contributed by atoms with Crippen LogP contribution in [0.3, 0.4) is 0 Å². The summed E-state index contributed by atoms with van der Waals surface area (Å²) in [5.41, 5.74) is 0. The summed E-state index contributed by atoms with van der Waals surface area (Å²) in [6, 6.07) is 0. The van der Waals surface area contributed by atoms with Crippen LogP contribution in [0.2, 0.25) is 0 Å². The van der Waals surface area contributed by atoms with Crippen LogP contribution in [0.4, 0.5) is 0 Å². The molecule has 1 N–H and O–H groups in total. The lowest BCUT2D eigenvalue weighted by molar-refractivity contribution is 0.0410. The molecule has 0 radical (unpaired) electrons. The lowest BCUT2D eigenvalue weighted by Gasteiger charge is -2.25. The quantitative estimate of drug-likeness (QED) is 0.606. The Hall–Kier alpha value is -0.170. The van der Waals surface area contributed by atoms with Crippen LogP contribution in [-0.2, 0) is 19.5 Å². The third-order valence-electron chi connectivity index (χ3n) is 1.80. The van der Waals surface area contributed by atoms with Crippen LogP contribution in [0.25, 0.3) is 0 Å². The van der Waals surface area contributed by atoms with E-state index in [-0.39, 0.29) is 6.68 Å². The molecule has 0 amide bonds.